The third-order valence-corrected chi connectivity index (χ3v) is 7.80. The van der Waals surface area contributed by atoms with E-state index in [9.17, 15) is 14.0 Å². The summed E-state index contributed by atoms with van der Waals surface area (Å²) in [6.07, 6.45) is 7.31. The summed E-state index contributed by atoms with van der Waals surface area (Å²) in [6, 6.07) is 10.2. The van der Waals surface area contributed by atoms with Crippen LogP contribution in [0.5, 0.6) is 5.75 Å². The molecule has 2 aromatic carbocycles. The number of ether oxygens (including phenoxy) is 1. The molecule has 0 spiro atoms. The molecule has 7 nitrogen and oxygen atoms in total. The predicted octanol–water partition coefficient (Wildman–Crippen LogP) is 7.24. The summed E-state index contributed by atoms with van der Waals surface area (Å²) in [5.74, 6) is -0.362. The Kier molecular flexibility index (Phi) is 10.4. The van der Waals surface area contributed by atoms with Gasteiger partial charge in [0, 0.05) is 34.7 Å². The van der Waals surface area contributed by atoms with Gasteiger partial charge in [0.1, 0.15) is 11.6 Å². The number of benzene rings is 2. The SMILES string of the molecule is Cc1cnc(NC(=O)COc2ccc(N(CC(C)C)C3CCCCC3)c(NC(=O)Cc3ccc(Cl)cc3F)c2)s1. The number of rotatable bonds is 11. The fourth-order valence-corrected chi connectivity index (χ4v) is 5.77. The second-order valence-corrected chi connectivity index (χ2v) is 12.3. The molecule has 1 fully saturated rings. The van der Waals surface area contributed by atoms with Crippen molar-refractivity contribution in [2.45, 2.75) is 65.3 Å². The molecule has 1 saturated carbocycles. The van der Waals surface area contributed by atoms with Gasteiger partial charge in [0.15, 0.2) is 11.7 Å². The molecule has 1 aromatic heterocycles. The molecule has 3 aromatic rings. The van der Waals surface area contributed by atoms with Crippen LogP contribution in [0.4, 0.5) is 20.9 Å². The lowest BCUT2D eigenvalue weighted by molar-refractivity contribution is -0.118. The lowest BCUT2D eigenvalue weighted by atomic mass is 9.93. The van der Waals surface area contributed by atoms with Crippen molar-refractivity contribution >= 4 is 51.3 Å². The van der Waals surface area contributed by atoms with Crippen molar-refractivity contribution in [3.05, 3.63) is 63.9 Å². The molecule has 0 aliphatic heterocycles. The number of aromatic nitrogens is 1. The smallest absolute Gasteiger partial charge is 0.264 e. The average molecular weight is 587 g/mol. The van der Waals surface area contributed by atoms with E-state index in [0.717, 1.165) is 30.0 Å². The number of carbonyl (C=O) groups excluding carboxylic acids is 2. The van der Waals surface area contributed by atoms with E-state index < -0.39 is 5.82 Å². The van der Waals surface area contributed by atoms with Crippen molar-refractivity contribution in [1.82, 2.24) is 4.98 Å². The van der Waals surface area contributed by atoms with Crippen LogP contribution in [0.15, 0.2) is 42.6 Å². The average Bonchev–Trinajstić information content (AvgIpc) is 3.32. The zero-order valence-electron chi connectivity index (χ0n) is 23.1. The minimum atomic E-state index is -0.523. The minimum Gasteiger partial charge on any atom is -0.484 e. The van der Waals surface area contributed by atoms with Crippen molar-refractivity contribution in [1.29, 1.82) is 0 Å². The van der Waals surface area contributed by atoms with Crippen LogP contribution >= 0.6 is 22.9 Å². The van der Waals surface area contributed by atoms with Crippen molar-refractivity contribution < 1.29 is 18.7 Å². The molecule has 214 valence electrons. The van der Waals surface area contributed by atoms with Crippen LogP contribution in [-0.4, -0.2) is 36.0 Å². The summed E-state index contributed by atoms with van der Waals surface area (Å²) < 4.78 is 20.2. The second kappa shape index (κ2) is 13.9. The first-order valence-corrected chi connectivity index (χ1v) is 14.9. The van der Waals surface area contributed by atoms with Gasteiger partial charge in [0.05, 0.1) is 17.8 Å². The minimum absolute atomic E-state index is 0.142. The number of halogens is 2. The molecule has 1 aliphatic carbocycles. The molecule has 0 bridgehead atoms. The Labute approximate surface area is 244 Å². The summed E-state index contributed by atoms with van der Waals surface area (Å²) in [7, 11) is 0. The Hall–Kier alpha value is -3.17. The fraction of sp³-hybridized carbons (Fsp3) is 0.433. The Balaban J connectivity index is 1.56. The first-order chi connectivity index (χ1) is 19.2. The number of anilines is 3. The van der Waals surface area contributed by atoms with Crippen LogP contribution in [-0.2, 0) is 16.0 Å². The van der Waals surface area contributed by atoms with Crippen LogP contribution in [0.1, 0.15) is 56.4 Å². The number of thiazole rings is 1. The summed E-state index contributed by atoms with van der Waals surface area (Å²) in [6.45, 7) is 6.89. The van der Waals surface area contributed by atoms with Crippen molar-refractivity contribution in [2.75, 3.05) is 28.7 Å². The maximum absolute atomic E-state index is 14.4. The highest BCUT2D eigenvalue weighted by Gasteiger charge is 2.25. The van der Waals surface area contributed by atoms with Crippen LogP contribution in [0.3, 0.4) is 0 Å². The Morgan fingerprint density at radius 1 is 1.12 bits per heavy atom. The Bertz CT molecular complexity index is 1330. The van der Waals surface area contributed by atoms with Gasteiger partial charge < -0.3 is 15.0 Å². The molecule has 2 amide bonds. The van der Waals surface area contributed by atoms with Crippen LogP contribution in [0, 0.1) is 18.7 Å². The number of nitrogens with one attached hydrogen (secondary N) is 2. The number of carbonyl (C=O) groups is 2. The lowest BCUT2D eigenvalue weighted by Gasteiger charge is -2.38. The van der Waals surface area contributed by atoms with E-state index >= 15 is 0 Å². The highest BCUT2D eigenvalue weighted by molar-refractivity contribution is 7.15. The van der Waals surface area contributed by atoms with E-state index in [4.69, 9.17) is 16.3 Å². The van der Waals surface area contributed by atoms with Gasteiger partial charge in [0.2, 0.25) is 5.91 Å². The number of hydrogen-bond donors (Lipinski definition) is 2. The van der Waals surface area contributed by atoms with E-state index in [1.165, 1.54) is 42.7 Å². The monoisotopic (exact) mass is 586 g/mol. The summed E-state index contributed by atoms with van der Waals surface area (Å²) in [4.78, 5) is 33.1. The van der Waals surface area contributed by atoms with E-state index in [1.54, 1.807) is 18.3 Å². The number of aryl methyl sites for hydroxylation is 1. The van der Waals surface area contributed by atoms with E-state index in [2.05, 4.69) is 34.4 Å². The van der Waals surface area contributed by atoms with Gasteiger partial charge in [-0.05, 0) is 55.5 Å². The molecular formula is C30H36ClFN4O3S. The van der Waals surface area contributed by atoms with Crippen molar-refractivity contribution in [3.63, 3.8) is 0 Å². The van der Waals surface area contributed by atoms with Crippen molar-refractivity contribution in [2.24, 2.45) is 5.92 Å². The van der Waals surface area contributed by atoms with E-state index in [-0.39, 0.29) is 35.4 Å². The highest BCUT2D eigenvalue weighted by Crippen LogP contribution is 2.36. The molecular weight excluding hydrogens is 551 g/mol. The summed E-state index contributed by atoms with van der Waals surface area (Å²) >= 11 is 7.27. The molecule has 0 unspecified atom stereocenters. The first-order valence-electron chi connectivity index (χ1n) is 13.7. The van der Waals surface area contributed by atoms with Gasteiger partial charge in [-0.25, -0.2) is 9.37 Å². The normalized spacial score (nSPS) is 13.8. The highest BCUT2D eigenvalue weighted by atomic mass is 35.5. The molecule has 0 radical (unpaired) electrons. The number of nitrogens with zero attached hydrogens (tertiary/aromatic N) is 2. The Morgan fingerprint density at radius 3 is 2.58 bits per heavy atom. The third-order valence-electron chi connectivity index (χ3n) is 6.73. The quantitative estimate of drug-likeness (QED) is 0.247. The van der Waals surface area contributed by atoms with Crippen LogP contribution in [0.2, 0.25) is 5.02 Å². The van der Waals surface area contributed by atoms with Crippen LogP contribution in [0.25, 0.3) is 0 Å². The van der Waals surface area contributed by atoms with E-state index in [0.29, 0.717) is 28.5 Å². The summed E-state index contributed by atoms with van der Waals surface area (Å²) in [5.41, 5.74) is 1.72. The topological polar surface area (TPSA) is 83.6 Å². The number of amides is 2. The van der Waals surface area contributed by atoms with Gasteiger partial charge in [-0.15, -0.1) is 11.3 Å². The molecule has 0 saturated heterocycles. The molecule has 10 heteroatoms. The standard InChI is InChI=1S/C30H36ClFN4O3S/c1-19(2)17-36(23-7-5-4-6-8-23)27-12-11-24(39-18-29(38)35-30-33-16-20(3)40-30)15-26(27)34-28(37)13-21-9-10-22(31)14-25(21)32/h9-12,14-16,19,23H,4-8,13,17-18H2,1-3H3,(H,34,37)(H,33,35,38). The first kappa shape index (κ1) is 29.8. The zero-order valence-corrected chi connectivity index (χ0v) is 24.7. The van der Waals surface area contributed by atoms with Gasteiger partial charge in [0.25, 0.3) is 5.91 Å². The van der Waals surface area contributed by atoms with Gasteiger partial charge in [-0.1, -0.05) is 50.8 Å². The summed E-state index contributed by atoms with van der Waals surface area (Å²) in [5, 5.41) is 6.52. The van der Waals surface area contributed by atoms with Gasteiger partial charge in [-0.2, -0.15) is 0 Å². The molecule has 40 heavy (non-hydrogen) atoms. The number of hydrogen-bond acceptors (Lipinski definition) is 6. The third kappa shape index (κ3) is 8.41. The van der Waals surface area contributed by atoms with Gasteiger partial charge >= 0.3 is 0 Å². The largest absolute Gasteiger partial charge is 0.484 e. The fourth-order valence-electron chi connectivity index (χ4n) is 4.93. The molecule has 4 rings (SSSR count). The Morgan fingerprint density at radius 2 is 1.90 bits per heavy atom. The molecule has 1 heterocycles. The van der Waals surface area contributed by atoms with Crippen LogP contribution < -0.4 is 20.3 Å². The van der Waals surface area contributed by atoms with Gasteiger partial charge in [-0.3, -0.25) is 14.9 Å². The maximum Gasteiger partial charge on any atom is 0.264 e. The van der Waals surface area contributed by atoms with Crippen molar-refractivity contribution in [3.8, 4) is 5.75 Å². The zero-order chi connectivity index (χ0) is 28.6. The molecule has 0 atom stereocenters. The predicted molar refractivity (Wildman–Crippen MR) is 160 cm³/mol. The molecule has 1 aliphatic rings. The van der Waals surface area contributed by atoms with E-state index in [1.807, 2.05) is 19.1 Å². The second-order valence-electron chi connectivity index (χ2n) is 10.6. The molecule has 2 N–H and O–H groups in total. The lowest BCUT2D eigenvalue weighted by Crippen LogP contribution is -2.40. The maximum atomic E-state index is 14.4.